The van der Waals surface area contributed by atoms with Crippen molar-refractivity contribution in [1.29, 1.82) is 0 Å². The summed E-state index contributed by atoms with van der Waals surface area (Å²) in [4.78, 5) is 17.5. The van der Waals surface area contributed by atoms with E-state index in [1.54, 1.807) is 23.5 Å². The summed E-state index contributed by atoms with van der Waals surface area (Å²) < 4.78 is 13.7. The lowest BCUT2D eigenvalue weighted by molar-refractivity contribution is 0.0936. The van der Waals surface area contributed by atoms with E-state index in [4.69, 9.17) is 0 Å². The molecule has 0 spiro atoms. The number of thiazole rings is 1. The van der Waals surface area contributed by atoms with Gasteiger partial charge < -0.3 is 5.32 Å². The van der Waals surface area contributed by atoms with Gasteiger partial charge in [0.1, 0.15) is 5.82 Å². The van der Waals surface area contributed by atoms with Gasteiger partial charge in [-0.25, -0.2) is 9.37 Å². The van der Waals surface area contributed by atoms with E-state index in [1.807, 2.05) is 27.7 Å². The lowest BCUT2D eigenvalue weighted by Gasteiger charge is -2.13. The van der Waals surface area contributed by atoms with Crippen LogP contribution in [-0.2, 0) is 0 Å². The molecule has 0 saturated heterocycles. The van der Waals surface area contributed by atoms with Crippen molar-refractivity contribution >= 4 is 17.2 Å². The number of nitrogens with zero attached hydrogens (tertiary/aromatic N) is 1. The molecule has 0 bridgehead atoms. The van der Waals surface area contributed by atoms with E-state index < -0.39 is 11.7 Å². The highest BCUT2D eigenvalue weighted by Crippen LogP contribution is 2.24. The summed E-state index contributed by atoms with van der Waals surface area (Å²) in [5.41, 5.74) is 1.84. The summed E-state index contributed by atoms with van der Waals surface area (Å²) in [6.07, 6.45) is 0. The largest absolute Gasteiger partial charge is 0.345 e. The second kappa shape index (κ2) is 5.71. The molecule has 3 nitrogen and oxygen atoms in total. The van der Waals surface area contributed by atoms with Crippen molar-refractivity contribution in [3.05, 3.63) is 50.7 Å². The van der Waals surface area contributed by atoms with Gasteiger partial charge in [-0.3, -0.25) is 4.79 Å². The highest BCUT2D eigenvalue weighted by Gasteiger charge is 2.18. The minimum atomic E-state index is -0.502. The van der Waals surface area contributed by atoms with Crippen molar-refractivity contribution in [2.24, 2.45) is 0 Å². The Balaban J connectivity index is 2.19. The molecule has 0 aliphatic heterocycles. The predicted molar refractivity (Wildman–Crippen MR) is 78.6 cm³/mol. The lowest BCUT2D eigenvalue weighted by Crippen LogP contribution is -2.27. The van der Waals surface area contributed by atoms with Gasteiger partial charge in [-0.05, 0) is 39.8 Å². The van der Waals surface area contributed by atoms with Crippen molar-refractivity contribution in [2.45, 2.75) is 33.7 Å². The molecule has 0 radical (unpaired) electrons. The number of aromatic nitrogens is 1. The summed E-state index contributed by atoms with van der Waals surface area (Å²) in [7, 11) is 0. The van der Waals surface area contributed by atoms with Crippen LogP contribution in [0.3, 0.4) is 0 Å². The molecule has 1 aromatic carbocycles. The van der Waals surface area contributed by atoms with Gasteiger partial charge in [-0.2, -0.15) is 0 Å². The summed E-state index contributed by atoms with van der Waals surface area (Å²) in [6.45, 7) is 7.55. The first-order valence-electron chi connectivity index (χ1n) is 6.39. The molecule has 1 heterocycles. The molecule has 0 saturated carbocycles. The molecule has 1 aromatic heterocycles. The second-order valence-corrected chi connectivity index (χ2v) is 6.10. The average molecular weight is 292 g/mol. The predicted octanol–water partition coefficient (Wildman–Crippen LogP) is 3.70. The molecule has 5 heteroatoms. The maximum absolute atomic E-state index is 13.7. The number of hydrogen-bond donors (Lipinski definition) is 1. The Kier molecular flexibility index (Phi) is 4.18. The van der Waals surface area contributed by atoms with Crippen molar-refractivity contribution in [1.82, 2.24) is 10.3 Å². The number of carbonyl (C=O) groups excluding carboxylic acids is 1. The minimum Gasteiger partial charge on any atom is -0.345 e. The van der Waals surface area contributed by atoms with E-state index in [-0.39, 0.29) is 11.6 Å². The molecule has 20 heavy (non-hydrogen) atoms. The van der Waals surface area contributed by atoms with Gasteiger partial charge in [-0.1, -0.05) is 11.6 Å². The Hall–Kier alpha value is -1.75. The molecule has 0 fully saturated rings. The van der Waals surface area contributed by atoms with E-state index in [0.717, 1.165) is 21.1 Å². The molecule has 1 unspecified atom stereocenters. The van der Waals surface area contributed by atoms with Crippen LogP contribution in [-0.4, -0.2) is 10.9 Å². The fourth-order valence-corrected chi connectivity index (χ4v) is 3.03. The number of aryl methyl sites for hydroxylation is 3. The molecule has 1 atom stereocenters. The molecule has 2 rings (SSSR count). The Morgan fingerprint density at radius 1 is 1.35 bits per heavy atom. The van der Waals surface area contributed by atoms with Gasteiger partial charge in [0, 0.05) is 4.88 Å². The van der Waals surface area contributed by atoms with E-state index in [9.17, 15) is 9.18 Å². The van der Waals surface area contributed by atoms with Crippen LogP contribution in [0, 0.1) is 26.6 Å². The smallest absolute Gasteiger partial charge is 0.254 e. The SMILES string of the molecule is Cc1ccc(F)c(C(=O)NC(C)c2sc(C)nc2C)c1. The number of nitrogens with one attached hydrogen (secondary N) is 1. The molecule has 106 valence electrons. The molecule has 1 amide bonds. The van der Waals surface area contributed by atoms with Crippen molar-refractivity contribution < 1.29 is 9.18 Å². The van der Waals surface area contributed by atoms with Crippen LogP contribution in [0.2, 0.25) is 0 Å². The zero-order valence-electron chi connectivity index (χ0n) is 12.0. The number of benzene rings is 1. The Bertz CT molecular complexity index is 651. The summed E-state index contributed by atoms with van der Waals surface area (Å²) >= 11 is 1.55. The summed E-state index contributed by atoms with van der Waals surface area (Å²) in [5, 5.41) is 3.78. The summed E-state index contributed by atoms with van der Waals surface area (Å²) in [6, 6.07) is 4.33. The fourth-order valence-electron chi connectivity index (χ4n) is 2.10. The number of halogens is 1. The van der Waals surface area contributed by atoms with Crippen LogP contribution < -0.4 is 5.32 Å². The number of hydrogen-bond acceptors (Lipinski definition) is 3. The maximum Gasteiger partial charge on any atom is 0.254 e. The van der Waals surface area contributed by atoms with Crippen molar-refractivity contribution in [2.75, 3.05) is 0 Å². The zero-order valence-corrected chi connectivity index (χ0v) is 12.8. The highest BCUT2D eigenvalue weighted by atomic mass is 32.1. The first kappa shape index (κ1) is 14.7. The quantitative estimate of drug-likeness (QED) is 0.937. The third-order valence-corrected chi connectivity index (χ3v) is 4.30. The first-order chi connectivity index (χ1) is 9.38. The van der Waals surface area contributed by atoms with Crippen LogP contribution in [0.5, 0.6) is 0 Å². The van der Waals surface area contributed by atoms with Gasteiger partial charge in [0.15, 0.2) is 0 Å². The second-order valence-electron chi connectivity index (χ2n) is 4.86. The standard InChI is InChI=1S/C15H17FN2OS/c1-8-5-6-13(16)12(7-8)15(19)18-10(3)14-9(2)17-11(4)20-14/h5-7,10H,1-4H3,(H,18,19). The Morgan fingerprint density at radius 2 is 2.05 bits per heavy atom. The van der Waals surface area contributed by atoms with Crippen LogP contribution in [0.25, 0.3) is 0 Å². The minimum absolute atomic E-state index is 0.0794. The average Bonchev–Trinajstić information content (AvgIpc) is 2.71. The van der Waals surface area contributed by atoms with Gasteiger partial charge in [0.05, 0.1) is 22.3 Å². The van der Waals surface area contributed by atoms with E-state index in [2.05, 4.69) is 10.3 Å². The van der Waals surface area contributed by atoms with Crippen molar-refractivity contribution in [3.8, 4) is 0 Å². The topological polar surface area (TPSA) is 42.0 Å². The molecule has 0 aliphatic carbocycles. The van der Waals surface area contributed by atoms with Crippen molar-refractivity contribution in [3.63, 3.8) is 0 Å². The zero-order chi connectivity index (χ0) is 14.9. The first-order valence-corrected chi connectivity index (χ1v) is 7.21. The van der Waals surface area contributed by atoms with Crippen LogP contribution in [0.4, 0.5) is 4.39 Å². The van der Waals surface area contributed by atoms with Crippen LogP contribution in [0.15, 0.2) is 18.2 Å². The number of amides is 1. The molecule has 2 aromatic rings. The Morgan fingerprint density at radius 3 is 2.65 bits per heavy atom. The molecule has 1 N–H and O–H groups in total. The highest BCUT2D eigenvalue weighted by molar-refractivity contribution is 7.11. The Labute approximate surface area is 121 Å². The monoisotopic (exact) mass is 292 g/mol. The third-order valence-electron chi connectivity index (χ3n) is 3.05. The number of rotatable bonds is 3. The molecular weight excluding hydrogens is 275 g/mol. The fraction of sp³-hybridized carbons (Fsp3) is 0.333. The van der Waals surface area contributed by atoms with E-state index in [0.29, 0.717) is 0 Å². The van der Waals surface area contributed by atoms with Crippen LogP contribution in [0.1, 0.15) is 44.5 Å². The maximum atomic E-state index is 13.7. The van der Waals surface area contributed by atoms with E-state index >= 15 is 0 Å². The molecular formula is C15H17FN2OS. The lowest BCUT2D eigenvalue weighted by atomic mass is 10.1. The van der Waals surface area contributed by atoms with Gasteiger partial charge in [0.2, 0.25) is 0 Å². The number of carbonyl (C=O) groups is 1. The normalized spacial score (nSPS) is 12.2. The van der Waals surface area contributed by atoms with Gasteiger partial charge >= 0.3 is 0 Å². The summed E-state index contributed by atoms with van der Waals surface area (Å²) in [5.74, 6) is -0.901. The third kappa shape index (κ3) is 3.04. The molecule has 0 aliphatic rings. The van der Waals surface area contributed by atoms with E-state index in [1.165, 1.54) is 6.07 Å². The van der Waals surface area contributed by atoms with Gasteiger partial charge in [0.25, 0.3) is 5.91 Å². The van der Waals surface area contributed by atoms with Crippen LogP contribution >= 0.6 is 11.3 Å². The van der Waals surface area contributed by atoms with Gasteiger partial charge in [-0.15, -0.1) is 11.3 Å².